The van der Waals surface area contributed by atoms with E-state index in [4.69, 9.17) is 0 Å². The van der Waals surface area contributed by atoms with Gasteiger partial charge in [0.1, 0.15) is 5.82 Å². The lowest BCUT2D eigenvalue weighted by atomic mass is 9.97. The molecule has 0 radical (unpaired) electrons. The monoisotopic (exact) mass is 450 g/mol. The topological polar surface area (TPSA) is 57.3 Å². The number of nitrogens with zero attached hydrogens (tertiary/aromatic N) is 2. The molecule has 1 aliphatic heterocycles. The van der Waals surface area contributed by atoms with Gasteiger partial charge in [-0.2, -0.15) is 0 Å². The molecule has 0 bridgehead atoms. The van der Waals surface area contributed by atoms with Crippen LogP contribution in [0, 0.1) is 6.92 Å². The maximum atomic E-state index is 13.3. The summed E-state index contributed by atoms with van der Waals surface area (Å²) in [4.78, 5) is 20.2. The first-order valence-corrected chi connectivity index (χ1v) is 11.9. The van der Waals surface area contributed by atoms with Crippen molar-refractivity contribution in [2.75, 3.05) is 31.1 Å². The molecule has 172 valence electrons. The SMILES string of the molecule is Cc1ccc(-c2ccnc(N3CCNCC3)c2)cc1C(=O)N[C@H](C)c1cccc2ccccc12. The largest absolute Gasteiger partial charge is 0.354 e. The molecule has 0 aliphatic carbocycles. The number of hydrogen-bond donors (Lipinski definition) is 2. The molecule has 1 saturated heterocycles. The molecule has 4 aromatic rings. The van der Waals surface area contributed by atoms with Crippen molar-refractivity contribution < 1.29 is 4.79 Å². The number of hydrogen-bond acceptors (Lipinski definition) is 4. The maximum absolute atomic E-state index is 13.3. The fraction of sp³-hybridized carbons (Fsp3) is 0.241. The summed E-state index contributed by atoms with van der Waals surface area (Å²) in [7, 11) is 0. The van der Waals surface area contributed by atoms with Crippen LogP contribution >= 0.6 is 0 Å². The Hall–Kier alpha value is -3.70. The van der Waals surface area contributed by atoms with Gasteiger partial charge in [0.25, 0.3) is 5.91 Å². The minimum atomic E-state index is -0.109. The third-order valence-corrected chi connectivity index (χ3v) is 6.64. The molecule has 5 rings (SSSR count). The van der Waals surface area contributed by atoms with Crippen molar-refractivity contribution in [1.82, 2.24) is 15.6 Å². The van der Waals surface area contributed by atoms with E-state index in [-0.39, 0.29) is 11.9 Å². The predicted molar refractivity (Wildman–Crippen MR) is 139 cm³/mol. The maximum Gasteiger partial charge on any atom is 0.252 e. The fourth-order valence-electron chi connectivity index (χ4n) is 4.69. The molecule has 1 amide bonds. The zero-order chi connectivity index (χ0) is 23.5. The number of rotatable bonds is 5. The van der Waals surface area contributed by atoms with E-state index >= 15 is 0 Å². The Balaban J connectivity index is 1.40. The number of carbonyl (C=O) groups excluding carboxylic acids is 1. The highest BCUT2D eigenvalue weighted by molar-refractivity contribution is 5.97. The van der Waals surface area contributed by atoms with Gasteiger partial charge in [0.05, 0.1) is 6.04 Å². The molecule has 1 atom stereocenters. The lowest BCUT2D eigenvalue weighted by Gasteiger charge is -2.28. The minimum Gasteiger partial charge on any atom is -0.354 e. The summed E-state index contributed by atoms with van der Waals surface area (Å²) in [6.45, 7) is 7.86. The van der Waals surface area contributed by atoms with Gasteiger partial charge in [-0.15, -0.1) is 0 Å². The van der Waals surface area contributed by atoms with Crippen molar-refractivity contribution in [3.63, 3.8) is 0 Å². The van der Waals surface area contributed by atoms with E-state index in [1.54, 1.807) is 0 Å². The summed E-state index contributed by atoms with van der Waals surface area (Å²) in [5.74, 6) is 0.923. The van der Waals surface area contributed by atoms with Gasteiger partial charge in [-0.05, 0) is 65.1 Å². The highest BCUT2D eigenvalue weighted by atomic mass is 16.1. The Bertz CT molecular complexity index is 1320. The van der Waals surface area contributed by atoms with Gasteiger partial charge in [-0.25, -0.2) is 4.98 Å². The van der Waals surface area contributed by atoms with Crippen LogP contribution in [0.1, 0.15) is 34.5 Å². The summed E-state index contributed by atoms with van der Waals surface area (Å²) in [5.41, 5.74) is 4.87. The van der Waals surface area contributed by atoms with Crippen molar-refractivity contribution >= 4 is 22.5 Å². The summed E-state index contributed by atoms with van der Waals surface area (Å²) in [6, 6.07) is 24.7. The molecular weight excluding hydrogens is 420 g/mol. The van der Waals surface area contributed by atoms with Gasteiger partial charge < -0.3 is 15.5 Å². The van der Waals surface area contributed by atoms with Crippen molar-refractivity contribution in [2.24, 2.45) is 0 Å². The smallest absolute Gasteiger partial charge is 0.252 e. The number of nitrogens with one attached hydrogen (secondary N) is 2. The molecular formula is C29H30N4O. The van der Waals surface area contributed by atoms with Gasteiger partial charge in [0.15, 0.2) is 0 Å². The minimum absolute atomic E-state index is 0.0591. The number of pyridine rings is 1. The Kier molecular flexibility index (Phi) is 6.28. The second-order valence-electron chi connectivity index (χ2n) is 8.93. The molecule has 1 fully saturated rings. The zero-order valence-corrected chi connectivity index (χ0v) is 19.7. The lowest BCUT2D eigenvalue weighted by molar-refractivity contribution is 0.0939. The van der Waals surface area contributed by atoms with Gasteiger partial charge in [0.2, 0.25) is 0 Å². The Morgan fingerprint density at radius 3 is 2.59 bits per heavy atom. The van der Waals surface area contributed by atoms with Crippen molar-refractivity contribution in [2.45, 2.75) is 19.9 Å². The molecule has 1 aromatic heterocycles. The number of anilines is 1. The average Bonchev–Trinajstić information content (AvgIpc) is 2.89. The van der Waals surface area contributed by atoms with E-state index in [0.29, 0.717) is 5.56 Å². The Morgan fingerprint density at radius 1 is 0.971 bits per heavy atom. The second kappa shape index (κ2) is 9.65. The Morgan fingerprint density at radius 2 is 1.74 bits per heavy atom. The molecule has 2 heterocycles. The number of carbonyl (C=O) groups is 1. The van der Waals surface area contributed by atoms with Gasteiger partial charge in [-0.3, -0.25) is 4.79 Å². The van der Waals surface area contributed by atoms with Gasteiger partial charge in [0, 0.05) is 37.9 Å². The summed E-state index contributed by atoms with van der Waals surface area (Å²) in [6.07, 6.45) is 1.86. The summed E-state index contributed by atoms with van der Waals surface area (Å²) >= 11 is 0. The number of aryl methyl sites for hydroxylation is 1. The molecule has 5 nitrogen and oxygen atoms in total. The van der Waals surface area contributed by atoms with Crippen LogP contribution in [0.15, 0.2) is 79.0 Å². The molecule has 34 heavy (non-hydrogen) atoms. The molecule has 1 aliphatic rings. The molecule has 0 unspecified atom stereocenters. The van der Waals surface area contributed by atoms with Crippen LogP contribution in [0.5, 0.6) is 0 Å². The lowest BCUT2D eigenvalue weighted by Crippen LogP contribution is -2.43. The van der Waals surface area contributed by atoms with Crippen LogP contribution in [0.3, 0.4) is 0 Å². The summed E-state index contributed by atoms with van der Waals surface area (Å²) < 4.78 is 0. The van der Waals surface area contributed by atoms with Crippen LogP contribution in [0.2, 0.25) is 0 Å². The third-order valence-electron chi connectivity index (χ3n) is 6.64. The molecule has 3 aromatic carbocycles. The van der Waals surface area contributed by atoms with E-state index < -0.39 is 0 Å². The molecule has 2 N–H and O–H groups in total. The van der Waals surface area contributed by atoms with Gasteiger partial charge in [-0.1, -0.05) is 54.6 Å². The molecule has 0 saturated carbocycles. The van der Waals surface area contributed by atoms with E-state index in [1.807, 2.05) is 56.4 Å². The number of piperazine rings is 1. The highest BCUT2D eigenvalue weighted by Gasteiger charge is 2.17. The second-order valence-corrected chi connectivity index (χ2v) is 8.93. The zero-order valence-electron chi connectivity index (χ0n) is 19.7. The van der Waals surface area contributed by atoms with Crippen LogP contribution in [-0.2, 0) is 0 Å². The van der Waals surface area contributed by atoms with E-state index in [1.165, 1.54) is 10.8 Å². The standard InChI is InChI=1S/C29H30N4O/c1-20-10-11-23(24-12-13-31-28(19-24)33-16-14-30-15-17-33)18-27(20)29(34)32-21(2)25-9-5-7-22-6-3-4-8-26(22)25/h3-13,18-19,21,30H,14-17H2,1-2H3,(H,32,34)/t21-/m1/s1. The average molecular weight is 451 g/mol. The quantitative estimate of drug-likeness (QED) is 0.444. The van der Waals surface area contributed by atoms with Crippen LogP contribution in [-0.4, -0.2) is 37.1 Å². The van der Waals surface area contributed by atoms with E-state index in [9.17, 15) is 4.79 Å². The van der Waals surface area contributed by atoms with Crippen molar-refractivity contribution in [3.05, 3.63) is 95.7 Å². The fourth-order valence-corrected chi connectivity index (χ4v) is 4.69. The number of amides is 1. The number of benzene rings is 3. The van der Waals surface area contributed by atoms with Crippen molar-refractivity contribution in [1.29, 1.82) is 0 Å². The van der Waals surface area contributed by atoms with Crippen LogP contribution < -0.4 is 15.5 Å². The predicted octanol–water partition coefficient (Wildman–Crippen LogP) is 5.11. The number of fused-ring (bicyclic) bond motifs is 1. The van der Waals surface area contributed by atoms with E-state index in [2.05, 4.69) is 56.9 Å². The third kappa shape index (κ3) is 4.52. The highest BCUT2D eigenvalue weighted by Crippen LogP contribution is 2.27. The first-order chi connectivity index (χ1) is 16.6. The first-order valence-electron chi connectivity index (χ1n) is 11.9. The molecule has 5 heteroatoms. The van der Waals surface area contributed by atoms with Crippen LogP contribution in [0.25, 0.3) is 21.9 Å². The number of aromatic nitrogens is 1. The van der Waals surface area contributed by atoms with E-state index in [0.717, 1.165) is 54.3 Å². The Labute approximate surface area is 200 Å². The van der Waals surface area contributed by atoms with Crippen molar-refractivity contribution in [3.8, 4) is 11.1 Å². The molecule has 0 spiro atoms. The van der Waals surface area contributed by atoms with Crippen LogP contribution in [0.4, 0.5) is 5.82 Å². The first kappa shape index (κ1) is 22.1. The normalized spacial score (nSPS) is 14.7. The van der Waals surface area contributed by atoms with Gasteiger partial charge >= 0.3 is 0 Å². The summed E-state index contributed by atoms with van der Waals surface area (Å²) in [5, 5.41) is 8.95.